The molecule has 0 radical (unpaired) electrons. The van der Waals surface area contributed by atoms with Crippen LogP contribution in [0.4, 0.5) is 0 Å². The van der Waals surface area contributed by atoms with Crippen molar-refractivity contribution in [1.82, 2.24) is 9.80 Å². The molecule has 1 aromatic heterocycles. The molecule has 0 N–H and O–H groups in total. The zero-order valence-corrected chi connectivity index (χ0v) is 13.5. The number of nitrogens with zero attached hydrogens (tertiary/aromatic N) is 2. The third-order valence-corrected chi connectivity index (χ3v) is 5.48. The van der Waals surface area contributed by atoms with E-state index >= 15 is 0 Å². The fraction of sp³-hybridized carbons (Fsp3) is 0.333. The molecule has 6 heteroatoms. The summed E-state index contributed by atoms with van der Waals surface area (Å²) < 4.78 is 1.17. The lowest BCUT2D eigenvalue weighted by Gasteiger charge is -2.25. The fourth-order valence-electron chi connectivity index (χ4n) is 2.41. The van der Waals surface area contributed by atoms with Crippen LogP contribution in [0.25, 0.3) is 10.1 Å². The normalized spacial score (nSPS) is 18.2. The molecule has 4 nitrogen and oxygen atoms in total. The maximum Gasteiger partial charge on any atom is 0.255 e. The highest BCUT2D eigenvalue weighted by molar-refractivity contribution is 7.99. The van der Waals surface area contributed by atoms with E-state index in [1.54, 1.807) is 47.0 Å². The zero-order chi connectivity index (χ0) is 15.0. The van der Waals surface area contributed by atoms with Crippen LogP contribution in [0.5, 0.6) is 0 Å². The standard InChI is InChI=1S/C15H16N2O2S2/c1-16(2)15(19)12-8-20-9-17(12)14(18)11-3-4-13-10(7-11)5-6-21-13/h3-7,12H,8-9H2,1-2H3/t12-/m0/s1. The second-order valence-corrected chi connectivity index (χ2v) is 7.14. The molecule has 1 atom stereocenters. The van der Waals surface area contributed by atoms with Crippen LogP contribution in [0.1, 0.15) is 10.4 Å². The van der Waals surface area contributed by atoms with E-state index in [-0.39, 0.29) is 17.9 Å². The first kappa shape index (κ1) is 14.4. The van der Waals surface area contributed by atoms with E-state index in [2.05, 4.69) is 0 Å². The number of carbonyl (C=O) groups excluding carboxylic acids is 2. The van der Waals surface area contributed by atoms with Crippen LogP contribution in [-0.4, -0.2) is 53.4 Å². The van der Waals surface area contributed by atoms with E-state index in [4.69, 9.17) is 0 Å². The minimum absolute atomic E-state index is 0.00930. The Balaban J connectivity index is 1.88. The molecule has 1 aliphatic rings. The Morgan fingerprint density at radius 1 is 1.29 bits per heavy atom. The Hall–Kier alpha value is -1.53. The van der Waals surface area contributed by atoms with Gasteiger partial charge >= 0.3 is 0 Å². The van der Waals surface area contributed by atoms with Gasteiger partial charge in [0.25, 0.3) is 5.91 Å². The zero-order valence-electron chi connectivity index (χ0n) is 11.9. The first-order chi connectivity index (χ1) is 10.1. The second kappa shape index (κ2) is 5.69. The minimum Gasteiger partial charge on any atom is -0.347 e. The average molecular weight is 320 g/mol. The number of benzene rings is 1. The topological polar surface area (TPSA) is 40.6 Å². The molecule has 1 aliphatic heterocycles. The number of fused-ring (bicyclic) bond motifs is 1. The number of rotatable bonds is 2. The van der Waals surface area contributed by atoms with Crippen molar-refractivity contribution in [2.75, 3.05) is 25.7 Å². The molecule has 0 saturated carbocycles. The molecule has 21 heavy (non-hydrogen) atoms. The van der Waals surface area contributed by atoms with Gasteiger partial charge < -0.3 is 9.80 Å². The number of hydrogen-bond acceptors (Lipinski definition) is 4. The van der Waals surface area contributed by atoms with Gasteiger partial charge in [-0.3, -0.25) is 9.59 Å². The Kier molecular flexibility index (Phi) is 3.91. The monoisotopic (exact) mass is 320 g/mol. The van der Waals surface area contributed by atoms with Crippen LogP contribution in [0.15, 0.2) is 29.6 Å². The van der Waals surface area contributed by atoms with Crippen molar-refractivity contribution < 1.29 is 9.59 Å². The summed E-state index contributed by atoms with van der Waals surface area (Å²) in [4.78, 5) is 28.1. The van der Waals surface area contributed by atoms with Crippen molar-refractivity contribution in [3.8, 4) is 0 Å². The van der Waals surface area contributed by atoms with Crippen molar-refractivity contribution in [3.05, 3.63) is 35.2 Å². The summed E-state index contributed by atoms with van der Waals surface area (Å²) in [6, 6.07) is 7.39. The Morgan fingerprint density at radius 3 is 2.86 bits per heavy atom. The first-order valence-electron chi connectivity index (χ1n) is 6.65. The quantitative estimate of drug-likeness (QED) is 0.854. The Morgan fingerprint density at radius 2 is 2.10 bits per heavy atom. The van der Waals surface area contributed by atoms with E-state index in [0.29, 0.717) is 17.2 Å². The van der Waals surface area contributed by atoms with E-state index in [1.165, 1.54) is 4.70 Å². The van der Waals surface area contributed by atoms with E-state index in [0.717, 1.165) is 5.39 Å². The highest BCUT2D eigenvalue weighted by Crippen LogP contribution is 2.27. The van der Waals surface area contributed by atoms with E-state index in [1.807, 2.05) is 29.6 Å². The highest BCUT2D eigenvalue weighted by Gasteiger charge is 2.35. The lowest BCUT2D eigenvalue weighted by molar-refractivity contribution is -0.132. The van der Waals surface area contributed by atoms with Gasteiger partial charge in [0.2, 0.25) is 5.91 Å². The fourth-order valence-corrected chi connectivity index (χ4v) is 4.33. The summed E-state index contributed by atoms with van der Waals surface area (Å²) in [6.07, 6.45) is 0. The molecule has 1 fully saturated rings. The number of likely N-dealkylation sites (N-methyl/N-ethyl adjacent to an activating group) is 1. The van der Waals surface area contributed by atoms with Crippen LogP contribution < -0.4 is 0 Å². The van der Waals surface area contributed by atoms with Gasteiger partial charge in [-0.1, -0.05) is 0 Å². The van der Waals surface area contributed by atoms with Gasteiger partial charge in [0.1, 0.15) is 6.04 Å². The van der Waals surface area contributed by atoms with Crippen molar-refractivity contribution in [1.29, 1.82) is 0 Å². The molecule has 2 heterocycles. The molecular formula is C15H16N2O2S2. The lowest BCUT2D eigenvalue weighted by atomic mass is 10.1. The summed E-state index contributed by atoms with van der Waals surface area (Å²) in [5, 5.41) is 3.09. The number of amides is 2. The van der Waals surface area contributed by atoms with Gasteiger partial charge in [0.05, 0.1) is 5.88 Å². The Bertz CT molecular complexity index is 696. The predicted octanol–water partition coefficient (Wildman–Crippen LogP) is 2.50. The summed E-state index contributed by atoms with van der Waals surface area (Å²) in [5.41, 5.74) is 0.653. The molecule has 0 spiro atoms. The number of thiophene rings is 1. The third kappa shape index (κ3) is 2.65. The van der Waals surface area contributed by atoms with Crippen molar-refractivity contribution in [3.63, 3.8) is 0 Å². The molecule has 3 rings (SSSR count). The summed E-state index contributed by atoms with van der Waals surface area (Å²) in [5.74, 6) is 1.17. The maximum atomic E-state index is 12.7. The van der Waals surface area contributed by atoms with Crippen LogP contribution in [0.2, 0.25) is 0 Å². The number of carbonyl (C=O) groups is 2. The van der Waals surface area contributed by atoms with Gasteiger partial charge in [-0.15, -0.1) is 23.1 Å². The molecule has 2 amide bonds. The lowest BCUT2D eigenvalue weighted by Crippen LogP contribution is -2.46. The van der Waals surface area contributed by atoms with Gasteiger partial charge in [-0.25, -0.2) is 0 Å². The van der Waals surface area contributed by atoms with E-state index in [9.17, 15) is 9.59 Å². The maximum absolute atomic E-state index is 12.7. The van der Waals surface area contributed by atoms with Crippen LogP contribution >= 0.6 is 23.1 Å². The molecule has 1 aromatic carbocycles. The molecule has 110 valence electrons. The van der Waals surface area contributed by atoms with Gasteiger partial charge in [-0.05, 0) is 35.0 Å². The highest BCUT2D eigenvalue weighted by atomic mass is 32.2. The smallest absolute Gasteiger partial charge is 0.255 e. The average Bonchev–Trinajstić information content (AvgIpc) is 3.13. The van der Waals surface area contributed by atoms with Gasteiger partial charge in [0, 0.05) is 30.1 Å². The Labute approximate surface area is 131 Å². The molecule has 0 unspecified atom stereocenters. The molecule has 0 bridgehead atoms. The van der Waals surface area contributed by atoms with Crippen molar-refractivity contribution >= 4 is 45.0 Å². The third-order valence-electron chi connectivity index (χ3n) is 3.57. The van der Waals surface area contributed by atoms with Crippen LogP contribution in [-0.2, 0) is 4.79 Å². The minimum atomic E-state index is -0.351. The summed E-state index contributed by atoms with van der Waals surface area (Å²) in [6.45, 7) is 0. The largest absolute Gasteiger partial charge is 0.347 e. The SMILES string of the molecule is CN(C)C(=O)[C@@H]1CSCN1C(=O)c1ccc2sccc2c1. The summed E-state index contributed by atoms with van der Waals surface area (Å²) in [7, 11) is 3.46. The van der Waals surface area contributed by atoms with Crippen LogP contribution in [0, 0.1) is 0 Å². The molecule has 1 saturated heterocycles. The molecular weight excluding hydrogens is 304 g/mol. The summed E-state index contributed by atoms with van der Waals surface area (Å²) >= 11 is 3.28. The van der Waals surface area contributed by atoms with Gasteiger partial charge in [-0.2, -0.15) is 0 Å². The first-order valence-corrected chi connectivity index (χ1v) is 8.68. The number of thioether (sulfide) groups is 1. The van der Waals surface area contributed by atoms with Crippen LogP contribution in [0.3, 0.4) is 0 Å². The number of hydrogen-bond donors (Lipinski definition) is 0. The predicted molar refractivity (Wildman–Crippen MR) is 87.8 cm³/mol. The van der Waals surface area contributed by atoms with E-state index < -0.39 is 0 Å². The van der Waals surface area contributed by atoms with Crippen molar-refractivity contribution in [2.45, 2.75) is 6.04 Å². The van der Waals surface area contributed by atoms with Gasteiger partial charge in [0.15, 0.2) is 0 Å². The molecule has 0 aliphatic carbocycles. The van der Waals surface area contributed by atoms with Crippen molar-refractivity contribution in [2.24, 2.45) is 0 Å². The molecule has 2 aromatic rings. The second-order valence-electron chi connectivity index (χ2n) is 5.20.